The molecule has 2 aromatic carbocycles. The van der Waals surface area contributed by atoms with Gasteiger partial charge in [0.15, 0.2) is 0 Å². The Labute approximate surface area is 134 Å². The molecule has 2 aromatic rings. The fraction of sp³-hybridized carbons (Fsp3) is 0.381. The summed E-state index contributed by atoms with van der Waals surface area (Å²) >= 11 is 0. The molecule has 0 bridgehead atoms. The summed E-state index contributed by atoms with van der Waals surface area (Å²) in [5.74, 6) is 1.16. The first-order chi connectivity index (χ1) is 10.6. The molecule has 0 radical (unpaired) electrons. The van der Waals surface area contributed by atoms with Gasteiger partial charge in [-0.25, -0.2) is 0 Å². The first kappa shape index (κ1) is 15.0. The van der Waals surface area contributed by atoms with Crippen molar-refractivity contribution in [2.24, 2.45) is 4.99 Å². The molecule has 0 aliphatic carbocycles. The van der Waals surface area contributed by atoms with Crippen LogP contribution >= 0.6 is 0 Å². The summed E-state index contributed by atoms with van der Waals surface area (Å²) in [6.45, 7) is 9.02. The third-order valence-corrected chi connectivity index (χ3v) is 4.83. The lowest BCUT2D eigenvalue weighted by Crippen LogP contribution is -1.95. The average molecular weight is 291 g/mol. The molecule has 1 unspecified atom stereocenters. The number of fused-ring (bicyclic) bond motifs is 3. The first-order valence-corrected chi connectivity index (χ1v) is 8.39. The Kier molecular flexibility index (Phi) is 4.15. The molecule has 1 aliphatic heterocycles. The molecular weight excluding hydrogens is 266 g/mol. The summed E-state index contributed by atoms with van der Waals surface area (Å²) in [5, 5.41) is 0. The van der Waals surface area contributed by atoms with E-state index in [-0.39, 0.29) is 0 Å². The van der Waals surface area contributed by atoms with Gasteiger partial charge in [0.2, 0.25) is 0 Å². The molecule has 1 heterocycles. The van der Waals surface area contributed by atoms with E-state index in [1.165, 1.54) is 27.8 Å². The third kappa shape index (κ3) is 2.72. The Morgan fingerprint density at radius 2 is 1.68 bits per heavy atom. The van der Waals surface area contributed by atoms with Gasteiger partial charge in [0.1, 0.15) is 0 Å². The summed E-state index contributed by atoms with van der Waals surface area (Å²) in [6.07, 6.45) is 4.15. The molecule has 0 N–H and O–H groups in total. The highest BCUT2D eigenvalue weighted by Gasteiger charge is 2.15. The van der Waals surface area contributed by atoms with Crippen LogP contribution in [0.3, 0.4) is 0 Å². The maximum atomic E-state index is 4.73. The van der Waals surface area contributed by atoms with Crippen LogP contribution in [0.25, 0.3) is 11.1 Å². The van der Waals surface area contributed by atoms with E-state index in [1.54, 1.807) is 0 Å². The van der Waals surface area contributed by atoms with Crippen molar-refractivity contribution >= 4 is 11.9 Å². The number of hydrogen-bond donors (Lipinski definition) is 0. The van der Waals surface area contributed by atoms with Crippen molar-refractivity contribution in [1.29, 1.82) is 0 Å². The highest BCUT2D eigenvalue weighted by Crippen LogP contribution is 2.38. The highest BCUT2D eigenvalue weighted by molar-refractivity contribution is 5.86. The van der Waals surface area contributed by atoms with E-state index >= 15 is 0 Å². The summed E-state index contributed by atoms with van der Waals surface area (Å²) < 4.78 is 0. The van der Waals surface area contributed by atoms with E-state index in [0.29, 0.717) is 11.8 Å². The molecule has 0 saturated carbocycles. The zero-order valence-electron chi connectivity index (χ0n) is 14.1. The van der Waals surface area contributed by atoms with Crippen LogP contribution in [0.5, 0.6) is 0 Å². The smallest absolute Gasteiger partial charge is 0.0707 e. The first-order valence-electron chi connectivity index (χ1n) is 8.39. The molecule has 0 amide bonds. The number of benzene rings is 2. The fourth-order valence-electron chi connectivity index (χ4n) is 3.07. The maximum absolute atomic E-state index is 4.73. The van der Waals surface area contributed by atoms with Crippen LogP contribution in [-0.2, 0) is 6.42 Å². The SMILES string of the molecule is CCC(C)c1ccc2c(c1)N=CCc1cc(C(C)C)ccc1-2. The van der Waals surface area contributed by atoms with E-state index in [9.17, 15) is 0 Å². The van der Waals surface area contributed by atoms with Gasteiger partial charge < -0.3 is 0 Å². The number of aliphatic imine (C=N–C) groups is 1. The molecule has 1 nitrogen and oxygen atoms in total. The van der Waals surface area contributed by atoms with Gasteiger partial charge in [-0.05, 0) is 46.6 Å². The second-order valence-electron chi connectivity index (χ2n) is 6.67. The van der Waals surface area contributed by atoms with Gasteiger partial charge >= 0.3 is 0 Å². The Hall–Kier alpha value is -1.89. The highest BCUT2D eigenvalue weighted by atomic mass is 14.7. The zero-order chi connectivity index (χ0) is 15.7. The summed E-state index contributed by atoms with van der Waals surface area (Å²) in [4.78, 5) is 4.73. The minimum absolute atomic E-state index is 0.567. The molecule has 0 saturated heterocycles. The van der Waals surface area contributed by atoms with Crippen LogP contribution in [-0.4, -0.2) is 6.21 Å². The number of nitrogens with zero attached hydrogens (tertiary/aromatic N) is 1. The topological polar surface area (TPSA) is 12.4 Å². The van der Waals surface area contributed by atoms with Gasteiger partial charge in [-0.15, -0.1) is 0 Å². The predicted octanol–water partition coefficient (Wildman–Crippen LogP) is 6.25. The molecule has 1 atom stereocenters. The van der Waals surface area contributed by atoms with E-state index in [2.05, 4.69) is 70.3 Å². The van der Waals surface area contributed by atoms with Gasteiger partial charge in [0, 0.05) is 18.2 Å². The van der Waals surface area contributed by atoms with Crippen molar-refractivity contribution in [1.82, 2.24) is 0 Å². The van der Waals surface area contributed by atoms with Gasteiger partial charge in [-0.3, -0.25) is 4.99 Å². The zero-order valence-corrected chi connectivity index (χ0v) is 14.1. The fourth-order valence-corrected chi connectivity index (χ4v) is 3.07. The predicted molar refractivity (Wildman–Crippen MR) is 96.5 cm³/mol. The number of rotatable bonds is 3. The summed E-state index contributed by atoms with van der Waals surface area (Å²) in [6, 6.07) is 13.7. The molecule has 1 heteroatoms. The standard InChI is InChI=1S/C21H25N/c1-5-15(4)17-7-9-20-19-8-6-16(14(2)3)12-18(19)10-11-22-21(20)13-17/h6-9,11-15H,5,10H2,1-4H3. The Morgan fingerprint density at radius 1 is 0.955 bits per heavy atom. The van der Waals surface area contributed by atoms with E-state index in [4.69, 9.17) is 4.99 Å². The van der Waals surface area contributed by atoms with E-state index < -0.39 is 0 Å². The normalized spacial score (nSPS) is 14.4. The summed E-state index contributed by atoms with van der Waals surface area (Å²) in [5.41, 5.74) is 7.92. The van der Waals surface area contributed by atoms with Crippen molar-refractivity contribution in [3.63, 3.8) is 0 Å². The van der Waals surface area contributed by atoms with E-state index in [0.717, 1.165) is 18.5 Å². The molecule has 0 fully saturated rings. The van der Waals surface area contributed by atoms with Crippen LogP contribution in [0.1, 0.15) is 62.6 Å². The van der Waals surface area contributed by atoms with Crippen molar-refractivity contribution in [2.45, 2.75) is 52.4 Å². The molecular formula is C21H25N. The average Bonchev–Trinajstić information content (AvgIpc) is 2.71. The molecule has 22 heavy (non-hydrogen) atoms. The largest absolute Gasteiger partial charge is 0.260 e. The van der Waals surface area contributed by atoms with Crippen LogP contribution in [0.4, 0.5) is 5.69 Å². The molecule has 0 aromatic heterocycles. The van der Waals surface area contributed by atoms with Crippen LogP contribution in [0.2, 0.25) is 0 Å². The Bertz CT molecular complexity index is 710. The molecule has 114 valence electrons. The third-order valence-electron chi connectivity index (χ3n) is 4.83. The lowest BCUT2D eigenvalue weighted by Gasteiger charge is -2.15. The molecule has 1 aliphatic rings. The van der Waals surface area contributed by atoms with Crippen molar-refractivity contribution < 1.29 is 0 Å². The molecule has 0 spiro atoms. The maximum Gasteiger partial charge on any atom is 0.0707 e. The van der Waals surface area contributed by atoms with Crippen molar-refractivity contribution in [2.75, 3.05) is 0 Å². The van der Waals surface area contributed by atoms with Gasteiger partial charge in [-0.1, -0.05) is 58.0 Å². The summed E-state index contributed by atoms with van der Waals surface area (Å²) in [7, 11) is 0. The quantitative estimate of drug-likeness (QED) is 0.634. The van der Waals surface area contributed by atoms with Crippen molar-refractivity contribution in [3.8, 4) is 11.1 Å². The second-order valence-corrected chi connectivity index (χ2v) is 6.67. The monoisotopic (exact) mass is 291 g/mol. The lowest BCUT2D eigenvalue weighted by molar-refractivity contribution is 0.734. The van der Waals surface area contributed by atoms with E-state index in [1.807, 2.05) is 0 Å². The van der Waals surface area contributed by atoms with Crippen LogP contribution in [0, 0.1) is 0 Å². The second kappa shape index (κ2) is 6.08. The Morgan fingerprint density at radius 3 is 2.41 bits per heavy atom. The van der Waals surface area contributed by atoms with Crippen molar-refractivity contribution in [3.05, 3.63) is 53.1 Å². The van der Waals surface area contributed by atoms with Crippen LogP contribution < -0.4 is 0 Å². The van der Waals surface area contributed by atoms with Gasteiger partial charge in [-0.2, -0.15) is 0 Å². The Balaban J connectivity index is 2.10. The van der Waals surface area contributed by atoms with Crippen LogP contribution in [0.15, 0.2) is 41.4 Å². The molecule has 3 rings (SSSR count). The lowest BCUT2D eigenvalue weighted by atomic mass is 9.90. The van der Waals surface area contributed by atoms with Gasteiger partial charge in [0.25, 0.3) is 0 Å². The minimum Gasteiger partial charge on any atom is -0.260 e. The van der Waals surface area contributed by atoms with Gasteiger partial charge in [0.05, 0.1) is 5.69 Å². The minimum atomic E-state index is 0.567. The number of hydrogen-bond acceptors (Lipinski definition) is 1.